The zero-order valence-corrected chi connectivity index (χ0v) is 20.0. The summed E-state index contributed by atoms with van der Waals surface area (Å²) in [6.45, 7) is 4.28. The third kappa shape index (κ3) is 5.18. The Morgan fingerprint density at radius 1 is 1.03 bits per heavy atom. The predicted octanol–water partition coefficient (Wildman–Crippen LogP) is 5.30. The van der Waals surface area contributed by atoms with Gasteiger partial charge in [-0.3, -0.25) is 14.5 Å². The molecule has 34 heavy (non-hydrogen) atoms. The van der Waals surface area contributed by atoms with Crippen LogP contribution >= 0.6 is 11.3 Å². The van der Waals surface area contributed by atoms with E-state index in [9.17, 15) is 9.59 Å². The molecule has 174 valence electrons. The van der Waals surface area contributed by atoms with Crippen LogP contribution in [0.3, 0.4) is 0 Å². The van der Waals surface area contributed by atoms with Crippen LogP contribution in [0.25, 0.3) is 10.2 Å². The summed E-state index contributed by atoms with van der Waals surface area (Å²) in [5.41, 5.74) is 3.15. The monoisotopic (exact) mass is 475 g/mol. The third-order valence-electron chi connectivity index (χ3n) is 5.23. The minimum Gasteiger partial charge on any atom is -0.497 e. The van der Waals surface area contributed by atoms with E-state index in [-0.39, 0.29) is 18.4 Å². The second-order valence-corrected chi connectivity index (χ2v) is 8.57. The molecule has 0 spiro atoms. The number of thiazole rings is 1. The number of benzene rings is 3. The van der Waals surface area contributed by atoms with Crippen molar-refractivity contribution in [3.05, 3.63) is 77.9 Å². The number of ether oxygens (including phenoxy) is 2. The van der Waals surface area contributed by atoms with Gasteiger partial charge in [-0.2, -0.15) is 0 Å². The lowest BCUT2D eigenvalue weighted by atomic mass is 10.2. The van der Waals surface area contributed by atoms with Crippen LogP contribution in [0.2, 0.25) is 0 Å². The number of hydrogen-bond donors (Lipinski definition) is 1. The number of fused-ring (bicyclic) bond motifs is 1. The molecule has 2 amide bonds. The Labute approximate surface area is 202 Å². The van der Waals surface area contributed by atoms with Crippen LogP contribution in [0, 0.1) is 6.92 Å². The van der Waals surface area contributed by atoms with Crippen LogP contribution in [0.1, 0.15) is 22.8 Å². The maximum absolute atomic E-state index is 13.1. The van der Waals surface area contributed by atoms with Crippen LogP contribution in [0.4, 0.5) is 10.8 Å². The van der Waals surface area contributed by atoms with E-state index in [2.05, 4.69) is 10.3 Å². The molecule has 1 N–H and O–H groups in total. The largest absolute Gasteiger partial charge is 0.497 e. The Morgan fingerprint density at radius 2 is 1.79 bits per heavy atom. The first-order valence-electron chi connectivity index (χ1n) is 10.8. The molecule has 0 unspecified atom stereocenters. The minimum atomic E-state index is -0.295. The highest BCUT2D eigenvalue weighted by Crippen LogP contribution is 2.31. The molecule has 0 saturated heterocycles. The van der Waals surface area contributed by atoms with Crippen molar-refractivity contribution in [1.29, 1.82) is 0 Å². The topological polar surface area (TPSA) is 80.8 Å². The highest BCUT2D eigenvalue weighted by molar-refractivity contribution is 7.22. The first kappa shape index (κ1) is 23.3. The quantitative estimate of drug-likeness (QED) is 0.374. The Bertz CT molecular complexity index is 1320. The summed E-state index contributed by atoms with van der Waals surface area (Å²) in [5.74, 6) is 0.718. The summed E-state index contributed by atoms with van der Waals surface area (Å²) in [6.07, 6.45) is 0. The van der Waals surface area contributed by atoms with Crippen molar-refractivity contribution in [3.8, 4) is 11.5 Å². The number of para-hydroxylation sites is 1. The van der Waals surface area contributed by atoms with Gasteiger partial charge in [0.2, 0.25) is 0 Å². The highest BCUT2D eigenvalue weighted by atomic mass is 32.1. The standard InChI is InChI=1S/C26H25N3O4S/c1-4-29(26-28-24-17(2)7-5-10-22(24)34-26)25(31)18-11-13-20(14-12-18)33-16-23(30)27-19-8-6-9-21(15-19)32-3/h5-15H,4,16H2,1-3H3,(H,27,30). The van der Waals surface area contributed by atoms with E-state index < -0.39 is 0 Å². The number of rotatable bonds is 8. The molecule has 4 rings (SSSR count). The number of anilines is 2. The Balaban J connectivity index is 1.39. The summed E-state index contributed by atoms with van der Waals surface area (Å²) in [7, 11) is 1.57. The van der Waals surface area contributed by atoms with Gasteiger partial charge in [0.25, 0.3) is 11.8 Å². The molecule has 4 aromatic rings. The maximum Gasteiger partial charge on any atom is 0.262 e. The van der Waals surface area contributed by atoms with Gasteiger partial charge in [0, 0.05) is 23.9 Å². The first-order chi connectivity index (χ1) is 16.5. The Kier molecular flexibility index (Phi) is 7.08. The number of nitrogens with zero attached hydrogens (tertiary/aromatic N) is 2. The van der Waals surface area contributed by atoms with E-state index >= 15 is 0 Å². The fourth-order valence-electron chi connectivity index (χ4n) is 3.45. The van der Waals surface area contributed by atoms with Crippen LogP contribution in [-0.2, 0) is 4.79 Å². The van der Waals surface area contributed by atoms with Gasteiger partial charge >= 0.3 is 0 Å². The van der Waals surface area contributed by atoms with Gasteiger partial charge in [0.1, 0.15) is 11.5 Å². The lowest BCUT2D eigenvalue weighted by Gasteiger charge is -2.18. The molecule has 8 heteroatoms. The summed E-state index contributed by atoms with van der Waals surface area (Å²) >= 11 is 1.50. The number of aryl methyl sites for hydroxylation is 1. The molecule has 0 bridgehead atoms. The maximum atomic E-state index is 13.1. The molecule has 0 atom stereocenters. The average Bonchev–Trinajstić information content (AvgIpc) is 3.29. The molecular weight excluding hydrogens is 450 g/mol. The molecule has 0 aliphatic heterocycles. The van der Waals surface area contributed by atoms with Crippen LogP contribution in [0.15, 0.2) is 66.7 Å². The van der Waals surface area contributed by atoms with Gasteiger partial charge in [-0.05, 0) is 61.9 Å². The zero-order valence-electron chi connectivity index (χ0n) is 19.2. The van der Waals surface area contributed by atoms with Gasteiger partial charge in [0.15, 0.2) is 11.7 Å². The molecular formula is C26H25N3O4S. The Morgan fingerprint density at radius 3 is 2.50 bits per heavy atom. The summed E-state index contributed by atoms with van der Waals surface area (Å²) in [5, 5.41) is 3.43. The first-order valence-corrected chi connectivity index (χ1v) is 11.6. The lowest BCUT2D eigenvalue weighted by molar-refractivity contribution is -0.118. The zero-order chi connectivity index (χ0) is 24.1. The van der Waals surface area contributed by atoms with Gasteiger partial charge in [-0.1, -0.05) is 29.5 Å². The van der Waals surface area contributed by atoms with Gasteiger partial charge in [-0.25, -0.2) is 4.98 Å². The average molecular weight is 476 g/mol. The molecule has 0 radical (unpaired) electrons. The van der Waals surface area contributed by atoms with Gasteiger partial charge in [-0.15, -0.1) is 0 Å². The number of methoxy groups -OCH3 is 1. The van der Waals surface area contributed by atoms with Crippen molar-refractivity contribution in [2.75, 3.05) is 30.5 Å². The van der Waals surface area contributed by atoms with E-state index in [1.165, 1.54) is 11.3 Å². The lowest BCUT2D eigenvalue weighted by Crippen LogP contribution is -2.30. The van der Waals surface area contributed by atoms with Crippen molar-refractivity contribution in [2.45, 2.75) is 13.8 Å². The number of amides is 2. The third-order valence-corrected chi connectivity index (χ3v) is 6.27. The van der Waals surface area contributed by atoms with Crippen molar-refractivity contribution < 1.29 is 19.1 Å². The van der Waals surface area contributed by atoms with E-state index in [1.807, 2.05) is 32.0 Å². The summed E-state index contributed by atoms with van der Waals surface area (Å²) in [6, 6.07) is 19.9. The van der Waals surface area contributed by atoms with Crippen LogP contribution in [0.5, 0.6) is 11.5 Å². The molecule has 0 aliphatic rings. The van der Waals surface area contributed by atoms with Crippen molar-refractivity contribution in [2.24, 2.45) is 0 Å². The second kappa shape index (κ2) is 10.4. The number of aromatic nitrogens is 1. The van der Waals surface area contributed by atoms with E-state index in [0.29, 0.717) is 34.4 Å². The molecule has 0 saturated carbocycles. The molecule has 1 aromatic heterocycles. The fourth-order valence-corrected chi connectivity index (χ4v) is 4.56. The van der Waals surface area contributed by atoms with Gasteiger partial charge < -0.3 is 14.8 Å². The number of carbonyl (C=O) groups excluding carboxylic acids is 2. The van der Waals surface area contributed by atoms with Crippen molar-refractivity contribution in [1.82, 2.24) is 4.98 Å². The molecule has 0 aliphatic carbocycles. The number of carbonyl (C=O) groups is 2. The van der Waals surface area contributed by atoms with Crippen LogP contribution < -0.4 is 19.7 Å². The van der Waals surface area contributed by atoms with Gasteiger partial charge in [0.05, 0.1) is 17.3 Å². The molecule has 3 aromatic carbocycles. The van der Waals surface area contributed by atoms with Crippen molar-refractivity contribution >= 4 is 44.2 Å². The molecule has 0 fully saturated rings. The Hall–Kier alpha value is -3.91. The number of hydrogen-bond acceptors (Lipinski definition) is 6. The minimum absolute atomic E-state index is 0.137. The summed E-state index contributed by atoms with van der Waals surface area (Å²) in [4.78, 5) is 31.7. The smallest absolute Gasteiger partial charge is 0.262 e. The van der Waals surface area contributed by atoms with Crippen LogP contribution in [-0.4, -0.2) is 37.1 Å². The van der Waals surface area contributed by atoms with Crippen molar-refractivity contribution in [3.63, 3.8) is 0 Å². The second-order valence-electron chi connectivity index (χ2n) is 7.56. The molecule has 1 heterocycles. The van der Waals surface area contributed by atoms with E-state index in [1.54, 1.807) is 60.5 Å². The predicted molar refractivity (Wildman–Crippen MR) is 135 cm³/mol. The highest BCUT2D eigenvalue weighted by Gasteiger charge is 2.20. The normalized spacial score (nSPS) is 10.7. The SMILES string of the molecule is CCN(C(=O)c1ccc(OCC(=O)Nc2cccc(OC)c2)cc1)c1nc2c(C)cccc2s1. The summed E-state index contributed by atoms with van der Waals surface area (Å²) < 4.78 is 11.8. The fraction of sp³-hybridized carbons (Fsp3) is 0.192. The molecule has 7 nitrogen and oxygen atoms in total. The number of nitrogens with one attached hydrogen (secondary N) is 1. The van der Waals surface area contributed by atoms with E-state index in [4.69, 9.17) is 9.47 Å². The van der Waals surface area contributed by atoms with E-state index in [0.717, 1.165) is 15.8 Å².